The number of carbonyl (C=O) groups is 1. The molecular formula is C28H26N2O4S. The summed E-state index contributed by atoms with van der Waals surface area (Å²) in [5.74, 6) is 0.875. The molecule has 0 saturated carbocycles. The van der Waals surface area contributed by atoms with Gasteiger partial charge in [0, 0.05) is 5.69 Å². The Morgan fingerprint density at radius 1 is 0.800 bits per heavy atom. The van der Waals surface area contributed by atoms with E-state index >= 15 is 0 Å². The lowest BCUT2D eigenvalue weighted by Gasteiger charge is -2.26. The first-order valence-corrected chi connectivity index (χ1v) is 12.5. The quantitative estimate of drug-likeness (QED) is 0.335. The first-order chi connectivity index (χ1) is 16.8. The molecule has 6 nitrogen and oxygen atoms in total. The third-order valence-corrected chi connectivity index (χ3v) is 7.14. The van der Waals surface area contributed by atoms with Gasteiger partial charge in [0.1, 0.15) is 18.0 Å². The molecule has 4 aromatic carbocycles. The summed E-state index contributed by atoms with van der Waals surface area (Å²) in [5.41, 5.74) is 2.66. The molecule has 0 aliphatic rings. The van der Waals surface area contributed by atoms with E-state index in [1.54, 1.807) is 48.5 Å². The van der Waals surface area contributed by atoms with Crippen LogP contribution in [0, 0.1) is 13.8 Å². The van der Waals surface area contributed by atoms with Gasteiger partial charge in [0.15, 0.2) is 0 Å². The van der Waals surface area contributed by atoms with Gasteiger partial charge in [-0.25, -0.2) is 8.42 Å². The fraction of sp³-hybridized carbons (Fsp3) is 0.107. The second-order valence-corrected chi connectivity index (χ2v) is 9.96. The monoisotopic (exact) mass is 486 g/mol. The Morgan fingerprint density at radius 2 is 1.40 bits per heavy atom. The maximum atomic E-state index is 13.5. The Hall–Kier alpha value is -4.10. The normalized spacial score (nSPS) is 11.0. The third kappa shape index (κ3) is 5.88. The van der Waals surface area contributed by atoms with Gasteiger partial charge in [-0.2, -0.15) is 0 Å². The lowest BCUT2D eigenvalue weighted by Crippen LogP contribution is -2.38. The fourth-order valence-corrected chi connectivity index (χ4v) is 5.07. The number of aryl methyl sites for hydroxylation is 2. The molecular weight excluding hydrogens is 460 g/mol. The number of rotatable bonds is 8. The molecule has 4 aromatic rings. The molecule has 0 heterocycles. The average molecular weight is 487 g/mol. The summed E-state index contributed by atoms with van der Waals surface area (Å²) in [6.45, 7) is 3.34. The topological polar surface area (TPSA) is 75.7 Å². The standard InChI is InChI=1S/C28H26N2O4S/c1-21-13-14-22(2)27(19-21)30(35(32,33)26-11-7-4-8-12-26)20-28(31)29-23-15-17-25(18-16-23)34-24-9-5-3-6-10-24/h3-19H,20H2,1-2H3,(H,29,31). The molecule has 0 spiro atoms. The molecule has 178 valence electrons. The van der Waals surface area contributed by atoms with Crippen LogP contribution in [-0.2, 0) is 14.8 Å². The minimum Gasteiger partial charge on any atom is -0.457 e. The van der Waals surface area contributed by atoms with E-state index in [0.717, 1.165) is 15.4 Å². The van der Waals surface area contributed by atoms with E-state index in [-0.39, 0.29) is 11.4 Å². The van der Waals surface area contributed by atoms with Gasteiger partial charge in [0.05, 0.1) is 10.6 Å². The van der Waals surface area contributed by atoms with Crippen LogP contribution in [0.1, 0.15) is 11.1 Å². The molecule has 0 atom stereocenters. The number of sulfonamides is 1. The predicted octanol–water partition coefficient (Wildman–Crippen LogP) is 5.93. The van der Waals surface area contributed by atoms with Crippen molar-refractivity contribution in [1.29, 1.82) is 0 Å². The molecule has 1 N–H and O–H groups in total. The van der Waals surface area contributed by atoms with Crippen LogP contribution in [0.15, 0.2) is 108 Å². The summed E-state index contributed by atoms with van der Waals surface area (Å²) >= 11 is 0. The van der Waals surface area contributed by atoms with Crippen LogP contribution >= 0.6 is 0 Å². The largest absolute Gasteiger partial charge is 0.457 e. The van der Waals surface area contributed by atoms with Gasteiger partial charge >= 0.3 is 0 Å². The number of para-hydroxylation sites is 1. The first kappa shape index (κ1) is 24.0. The highest BCUT2D eigenvalue weighted by atomic mass is 32.2. The van der Waals surface area contributed by atoms with Gasteiger partial charge in [0.25, 0.3) is 10.0 Å². The third-order valence-electron chi connectivity index (χ3n) is 5.37. The molecule has 0 unspecified atom stereocenters. The van der Waals surface area contributed by atoms with Crippen molar-refractivity contribution in [2.75, 3.05) is 16.2 Å². The highest BCUT2D eigenvalue weighted by Crippen LogP contribution is 2.28. The number of anilines is 2. The molecule has 0 radical (unpaired) electrons. The van der Waals surface area contributed by atoms with Crippen LogP contribution in [0.25, 0.3) is 0 Å². The van der Waals surface area contributed by atoms with Crippen LogP contribution in [0.5, 0.6) is 11.5 Å². The van der Waals surface area contributed by atoms with Gasteiger partial charge in [-0.15, -0.1) is 0 Å². The van der Waals surface area contributed by atoms with E-state index < -0.39 is 15.9 Å². The number of nitrogens with zero attached hydrogens (tertiary/aromatic N) is 1. The first-order valence-electron chi connectivity index (χ1n) is 11.1. The molecule has 35 heavy (non-hydrogen) atoms. The lowest BCUT2D eigenvalue weighted by atomic mass is 10.1. The Labute approximate surface area is 205 Å². The molecule has 0 aliphatic heterocycles. The fourth-order valence-electron chi connectivity index (χ4n) is 3.57. The summed E-state index contributed by atoms with van der Waals surface area (Å²) < 4.78 is 34.0. The van der Waals surface area contributed by atoms with E-state index in [2.05, 4.69) is 5.32 Å². The number of amides is 1. The van der Waals surface area contributed by atoms with Crippen molar-refractivity contribution in [3.8, 4) is 11.5 Å². The average Bonchev–Trinajstić information content (AvgIpc) is 2.86. The van der Waals surface area contributed by atoms with Crippen LogP contribution in [0.4, 0.5) is 11.4 Å². The summed E-state index contributed by atoms with van der Waals surface area (Å²) in [6.07, 6.45) is 0. The highest BCUT2D eigenvalue weighted by Gasteiger charge is 2.28. The van der Waals surface area contributed by atoms with Crippen molar-refractivity contribution in [3.05, 3.63) is 114 Å². The van der Waals surface area contributed by atoms with Crippen molar-refractivity contribution < 1.29 is 17.9 Å². The summed E-state index contributed by atoms with van der Waals surface area (Å²) in [7, 11) is -3.97. The predicted molar refractivity (Wildman–Crippen MR) is 138 cm³/mol. The van der Waals surface area contributed by atoms with Crippen molar-refractivity contribution in [2.45, 2.75) is 18.7 Å². The van der Waals surface area contributed by atoms with Crippen molar-refractivity contribution in [3.63, 3.8) is 0 Å². The van der Waals surface area contributed by atoms with E-state index in [1.165, 1.54) is 12.1 Å². The Bertz CT molecular complexity index is 1400. The maximum absolute atomic E-state index is 13.5. The number of hydrogen-bond acceptors (Lipinski definition) is 4. The van der Waals surface area contributed by atoms with Crippen molar-refractivity contribution in [1.82, 2.24) is 0 Å². The number of benzene rings is 4. The zero-order chi connectivity index (χ0) is 24.8. The highest BCUT2D eigenvalue weighted by molar-refractivity contribution is 7.92. The van der Waals surface area contributed by atoms with E-state index in [0.29, 0.717) is 22.9 Å². The molecule has 0 bridgehead atoms. The summed E-state index contributed by atoms with van der Waals surface area (Å²) in [5, 5.41) is 2.79. The number of hydrogen-bond donors (Lipinski definition) is 1. The number of nitrogens with one attached hydrogen (secondary N) is 1. The van der Waals surface area contributed by atoms with E-state index in [4.69, 9.17) is 4.74 Å². The molecule has 0 fully saturated rings. The molecule has 0 aromatic heterocycles. The zero-order valence-electron chi connectivity index (χ0n) is 19.5. The maximum Gasteiger partial charge on any atom is 0.264 e. The Morgan fingerprint density at radius 3 is 2.06 bits per heavy atom. The minimum atomic E-state index is -3.97. The molecule has 0 aliphatic carbocycles. The Balaban J connectivity index is 1.55. The number of carbonyl (C=O) groups excluding carboxylic acids is 1. The molecule has 1 amide bonds. The SMILES string of the molecule is Cc1ccc(C)c(N(CC(=O)Nc2ccc(Oc3ccccc3)cc2)S(=O)(=O)c2ccccc2)c1. The van der Waals surface area contributed by atoms with Crippen molar-refractivity contribution >= 4 is 27.3 Å². The number of ether oxygens (including phenoxy) is 1. The van der Waals surface area contributed by atoms with Crippen LogP contribution in [-0.4, -0.2) is 20.9 Å². The van der Waals surface area contributed by atoms with E-state index in [1.807, 2.05) is 56.3 Å². The smallest absolute Gasteiger partial charge is 0.264 e. The van der Waals surface area contributed by atoms with Gasteiger partial charge in [0.2, 0.25) is 5.91 Å². The van der Waals surface area contributed by atoms with Crippen LogP contribution in [0.3, 0.4) is 0 Å². The van der Waals surface area contributed by atoms with Crippen molar-refractivity contribution in [2.24, 2.45) is 0 Å². The Kier molecular flexibility index (Phi) is 7.17. The molecule has 0 saturated heterocycles. The molecule has 4 rings (SSSR count). The second-order valence-electron chi connectivity index (χ2n) is 8.10. The summed E-state index contributed by atoms with van der Waals surface area (Å²) in [4.78, 5) is 13.1. The lowest BCUT2D eigenvalue weighted by molar-refractivity contribution is -0.114. The van der Waals surface area contributed by atoms with Gasteiger partial charge < -0.3 is 10.1 Å². The van der Waals surface area contributed by atoms with Crippen LogP contribution < -0.4 is 14.4 Å². The van der Waals surface area contributed by atoms with Crippen LogP contribution in [0.2, 0.25) is 0 Å². The second kappa shape index (κ2) is 10.4. The van der Waals surface area contributed by atoms with Gasteiger partial charge in [-0.05, 0) is 79.6 Å². The summed E-state index contributed by atoms with van der Waals surface area (Å²) in [6, 6.07) is 29.9. The molecule has 7 heteroatoms. The zero-order valence-corrected chi connectivity index (χ0v) is 20.3. The van der Waals surface area contributed by atoms with Gasteiger partial charge in [-0.1, -0.05) is 48.5 Å². The van der Waals surface area contributed by atoms with Gasteiger partial charge in [-0.3, -0.25) is 9.10 Å². The van der Waals surface area contributed by atoms with E-state index in [9.17, 15) is 13.2 Å². The minimum absolute atomic E-state index is 0.121.